The number of hydrogen-bond donors (Lipinski definition) is 1. The molecule has 0 bridgehead atoms. The minimum Gasteiger partial charge on any atom is -0.493 e. The topological polar surface area (TPSA) is 81.1 Å². The maximum absolute atomic E-state index is 14.2. The van der Waals surface area contributed by atoms with E-state index in [4.69, 9.17) is 19.2 Å². The zero-order chi connectivity index (χ0) is 37.0. The van der Waals surface area contributed by atoms with Crippen molar-refractivity contribution in [3.8, 4) is 17.2 Å². The number of nitrogens with one attached hydrogen (secondary N) is 1. The highest BCUT2D eigenvalue weighted by atomic mass is 19.1. The van der Waals surface area contributed by atoms with Gasteiger partial charge in [-0.3, -0.25) is 4.79 Å². The molecule has 0 saturated carbocycles. The first-order valence-electron chi connectivity index (χ1n) is 18.3. The zero-order valence-electron chi connectivity index (χ0n) is 30.6. The fourth-order valence-electron chi connectivity index (χ4n) is 8.05. The summed E-state index contributed by atoms with van der Waals surface area (Å²) in [5.74, 6) is 1.50. The average Bonchev–Trinajstić information content (AvgIpc) is 3.53. The van der Waals surface area contributed by atoms with Gasteiger partial charge in [-0.05, 0) is 98.3 Å². The molecule has 3 heterocycles. The van der Waals surface area contributed by atoms with Gasteiger partial charge in [-0.25, -0.2) is 13.8 Å². The summed E-state index contributed by atoms with van der Waals surface area (Å²) in [5, 5.41) is 3.74. The van der Waals surface area contributed by atoms with E-state index in [-0.39, 0.29) is 29.0 Å². The fraction of sp³-hybridized carbons (Fsp3) is 0.381. The van der Waals surface area contributed by atoms with Gasteiger partial charge in [0.05, 0.1) is 38.9 Å². The van der Waals surface area contributed by atoms with Crippen molar-refractivity contribution >= 4 is 22.9 Å². The number of nitrogens with zero attached hydrogens (tertiary/aromatic N) is 4. The van der Waals surface area contributed by atoms with Crippen LogP contribution in [0.3, 0.4) is 0 Å². The van der Waals surface area contributed by atoms with Gasteiger partial charge in [0.25, 0.3) is 5.91 Å². The standard InChI is InChI=1S/C42H47F2N5O4/c1-51-37-25-30(26-38(52-2)39(37)53-3)40(50)48-21-6-19-42(28-48,31-11-15-33(44)16-12-31)20-24-47-22-17-34(18-23-47)45-41-46-35-7-4-5-8-36(35)49(41)27-29-9-13-32(43)14-10-29/h4-5,7-16,25-26,34H,6,17-24,27-28H2,1-3H3,(H,45,46). The Balaban J connectivity index is 1.04. The van der Waals surface area contributed by atoms with E-state index >= 15 is 0 Å². The number of benzene rings is 4. The predicted octanol–water partition coefficient (Wildman–Crippen LogP) is 7.53. The van der Waals surface area contributed by atoms with Gasteiger partial charge >= 0.3 is 0 Å². The van der Waals surface area contributed by atoms with E-state index in [9.17, 15) is 13.6 Å². The Hall–Kier alpha value is -5.16. The second-order valence-electron chi connectivity index (χ2n) is 14.2. The molecule has 7 rings (SSSR count). The molecular formula is C42H47F2N5O4. The summed E-state index contributed by atoms with van der Waals surface area (Å²) in [7, 11) is 4.62. The van der Waals surface area contributed by atoms with Crippen molar-refractivity contribution in [2.75, 3.05) is 59.4 Å². The molecule has 0 radical (unpaired) electrons. The Labute approximate surface area is 309 Å². The van der Waals surface area contributed by atoms with E-state index in [1.54, 1.807) is 12.1 Å². The van der Waals surface area contributed by atoms with Crippen LogP contribution in [0.4, 0.5) is 14.7 Å². The number of aromatic nitrogens is 2. The van der Waals surface area contributed by atoms with Gasteiger partial charge in [-0.1, -0.05) is 36.4 Å². The molecule has 1 unspecified atom stereocenters. The molecule has 11 heteroatoms. The number of para-hydroxylation sites is 2. The van der Waals surface area contributed by atoms with E-state index in [2.05, 4.69) is 20.9 Å². The molecule has 2 aliphatic rings. The molecule has 0 aliphatic carbocycles. The molecule has 1 atom stereocenters. The molecule has 9 nitrogen and oxygen atoms in total. The van der Waals surface area contributed by atoms with E-state index in [0.717, 1.165) is 79.8 Å². The number of likely N-dealkylation sites (tertiary alicyclic amines) is 2. The average molecular weight is 724 g/mol. The molecule has 5 aromatic rings. The second-order valence-corrected chi connectivity index (χ2v) is 14.2. The van der Waals surface area contributed by atoms with Gasteiger partial charge in [-0.2, -0.15) is 0 Å². The lowest BCUT2D eigenvalue weighted by Crippen LogP contribution is -2.50. The fourth-order valence-corrected chi connectivity index (χ4v) is 8.05. The largest absolute Gasteiger partial charge is 0.493 e. The highest BCUT2D eigenvalue weighted by Crippen LogP contribution is 2.41. The third-order valence-electron chi connectivity index (χ3n) is 11.0. The molecule has 2 saturated heterocycles. The Bertz CT molecular complexity index is 2000. The number of rotatable bonds is 12. The normalized spacial score (nSPS) is 18.2. The molecule has 53 heavy (non-hydrogen) atoms. The Kier molecular flexibility index (Phi) is 10.8. The van der Waals surface area contributed by atoms with Crippen LogP contribution in [0.5, 0.6) is 17.2 Å². The number of fused-ring (bicyclic) bond motifs is 1. The van der Waals surface area contributed by atoms with Crippen LogP contribution in [0.15, 0.2) is 84.9 Å². The smallest absolute Gasteiger partial charge is 0.254 e. The number of imidazole rings is 1. The Morgan fingerprint density at radius 1 is 0.868 bits per heavy atom. The lowest BCUT2D eigenvalue weighted by molar-refractivity contribution is 0.0606. The van der Waals surface area contributed by atoms with Crippen molar-refractivity contribution in [2.45, 2.75) is 50.1 Å². The number of halogens is 2. The Morgan fingerprint density at radius 2 is 1.53 bits per heavy atom. The van der Waals surface area contributed by atoms with Crippen LogP contribution in [-0.2, 0) is 12.0 Å². The third-order valence-corrected chi connectivity index (χ3v) is 11.0. The van der Waals surface area contributed by atoms with Crippen molar-refractivity contribution < 1.29 is 27.8 Å². The van der Waals surface area contributed by atoms with Gasteiger partial charge in [0.1, 0.15) is 11.6 Å². The molecule has 278 valence electrons. The van der Waals surface area contributed by atoms with Crippen molar-refractivity contribution in [3.63, 3.8) is 0 Å². The second kappa shape index (κ2) is 15.8. The number of carbonyl (C=O) groups excluding carboxylic acids is 1. The maximum atomic E-state index is 14.2. The van der Waals surface area contributed by atoms with Crippen LogP contribution in [0.2, 0.25) is 0 Å². The lowest BCUT2D eigenvalue weighted by Gasteiger charge is -2.45. The van der Waals surface area contributed by atoms with Crippen LogP contribution < -0.4 is 19.5 Å². The summed E-state index contributed by atoms with van der Waals surface area (Å²) in [6.45, 7) is 4.44. The molecule has 4 aromatic carbocycles. The summed E-state index contributed by atoms with van der Waals surface area (Å²) >= 11 is 0. The van der Waals surface area contributed by atoms with Crippen LogP contribution in [0.1, 0.15) is 53.6 Å². The highest BCUT2D eigenvalue weighted by Gasteiger charge is 2.39. The maximum Gasteiger partial charge on any atom is 0.254 e. The molecule has 1 aromatic heterocycles. The zero-order valence-corrected chi connectivity index (χ0v) is 30.6. The number of piperidine rings is 2. The van der Waals surface area contributed by atoms with Crippen LogP contribution in [0.25, 0.3) is 11.0 Å². The Morgan fingerprint density at radius 3 is 2.19 bits per heavy atom. The highest BCUT2D eigenvalue weighted by molar-refractivity contribution is 5.96. The van der Waals surface area contributed by atoms with Gasteiger partial charge in [-0.15, -0.1) is 0 Å². The lowest BCUT2D eigenvalue weighted by atomic mass is 9.71. The molecule has 1 N–H and O–H groups in total. The molecule has 0 spiro atoms. The summed E-state index contributed by atoms with van der Waals surface area (Å²) in [6.07, 6.45) is 4.48. The van der Waals surface area contributed by atoms with Gasteiger partial charge in [0.15, 0.2) is 11.5 Å². The summed E-state index contributed by atoms with van der Waals surface area (Å²) in [6, 6.07) is 25.2. The number of amides is 1. The van der Waals surface area contributed by atoms with E-state index in [1.165, 1.54) is 45.6 Å². The molecule has 1 amide bonds. The van der Waals surface area contributed by atoms with Crippen LogP contribution in [0, 0.1) is 11.6 Å². The van der Waals surface area contributed by atoms with Gasteiger partial charge < -0.3 is 33.9 Å². The van der Waals surface area contributed by atoms with Gasteiger partial charge in [0, 0.05) is 43.2 Å². The van der Waals surface area contributed by atoms with E-state index < -0.39 is 0 Å². The minimum atomic E-state index is -0.331. The number of hydrogen-bond acceptors (Lipinski definition) is 7. The first-order valence-corrected chi connectivity index (χ1v) is 18.3. The predicted molar refractivity (Wildman–Crippen MR) is 202 cm³/mol. The van der Waals surface area contributed by atoms with E-state index in [0.29, 0.717) is 42.4 Å². The SMILES string of the molecule is COc1cc(C(=O)N2CCCC(CCN3CCC(Nc4nc5ccccc5n4Cc4ccc(F)cc4)CC3)(c3ccc(F)cc3)C2)cc(OC)c1OC. The first kappa shape index (κ1) is 36.2. The first-order chi connectivity index (χ1) is 25.8. The molecule has 2 aliphatic heterocycles. The summed E-state index contributed by atoms with van der Waals surface area (Å²) in [4.78, 5) is 23.4. The number of carbonyl (C=O) groups is 1. The van der Waals surface area contributed by atoms with Crippen LogP contribution >= 0.6 is 0 Å². The number of ether oxygens (including phenoxy) is 3. The monoisotopic (exact) mass is 723 g/mol. The molecule has 2 fully saturated rings. The van der Waals surface area contributed by atoms with Crippen molar-refractivity contribution in [1.29, 1.82) is 0 Å². The third kappa shape index (κ3) is 7.81. The number of methoxy groups -OCH3 is 3. The van der Waals surface area contributed by atoms with Crippen molar-refractivity contribution in [3.05, 3.63) is 113 Å². The minimum absolute atomic E-state index is 0.104. The summed E-state index contributed by atoms with van der Waals surface area (Å²) in [5.41, 5.74) is 4.16. The van der Waals surface area contributed by atoms with Crippen molar-refractivity contribution in [1.82, 2.24) is 19.4 Å². The van der Waals surface area contributed by atoms with Crippen LogP contribution in [-0.4, -0.2) is 85.4 Å². The molecular weight excluding hydrogens is 676 g/mol. The van der Waals surface area contributed by atoms with Crippen molar-refractivity contribution in [2.24, 2.45) is 0 Å². The number of anilines is 1. The van der Waals surface area contributed by atoms with Gasteiger partial charge in [0.2, 0.25) is 11.7 Å². The summed E-state index contributed by atoms with van der Waals surface area (Å²) < 4.78 is 46.5. The quantitative estimate of drug-likeness (QED) is 0.143. The van der Waals surface area contributed by atoms with E-state index in [1.807, 2.05) is 47.4 Å².